The summed E-state index contributed by atoms with van der Waals surface area (Å²) in [6.45, 7) is 1.91. The van der Waals surface area contributed by atoms with Crippen molar-refractivity contribution in [1.29, 1.82) is 5.26 Å². The second-order valence-corrected chi connectivity index (χ2v) is 6.39. The van der Waals surface area contributed by atoms with Gasteiger partial charge in [0.1, 0.15) is 0 Å². The molecule has 1 aromatic carbocycles. The molecular weight excluding hydrogens is 302 g/mol. The zero-order chi connectivity index (χ0) is 16.9. The third kappa shape index (κ3) is 3.35. The van der Waals surface area contributed by atoms with Crippen LogP contribution in [0.2, 0.25) is 0 Å². The van der Waals surface area contributed by atoms with Crippen molar-refractivity contribution in [1.82, 2.24) is 9.47 Å². The molecule has 1 aliphatic heterocycles. The van der Waals surface area contributed by atoms with Gasteiger partial charge in [-0.1, -0.05) is 24.6 Å². The Bertz CT molecular complexity index is 760. The molecule has 3 rings (SSSR count). The van der Waals surface area contributed by atoms with Gasteiger partial charge in [0, 0.05) is 35.2 Å². The number of carbonyl (C=O) groups is 1. The predicted octanol–water partition coefficient (Wildman–Crippen LogP) is 2.58. The Morgan fingerprint density at radius 3 is 2.96 bits per heavy atom. The minimum atomic E-state index is 0.0854. The number of Topliss-reactive ketones (excluding diaryl/α,β-unsaturated/α-hetero) is 1. The van der Waals surface area contributed by atoms with Crippen LogP contribution < -0.4 is 0 Å². The predicted molar refractivity (Wildman–Crippen MR) is 92.8 cm³/mol. The van der Waals surface area contributed by atoms with E-state index in [0.717, 1.165) is 36.7 Å². The summed E-state index contributed by atoms with van der Waals surface area (Å²) in [4.78, 5) is 15.0. The first-order valence-electron chi connectivity index (χ1n) is 8.57. The molecule has 1 fully saturated rings. The highest BCUT2D eigenvalue weighted by molar-refractivity contribution is 6.09. The molecule has 1 aliphatic rings. The van der Waals surface area contributed by atoms with Gasteiger partial charge in [0.05, 0.1) is 25.6 Å². The SMILES string of the molecule is N#CCCn1cc(C(=O)CN2CCCCC2CO)c2ccccc21. The van der Waals surface area contributed by atoms with Gasteiger partial charge in [0.15, 0.2) is 5.78 Å². The van der Waals surface area contributed by atoms with Crippen molar-refractivity contribution in [3.05, 3.63) is 36.0 Å². The lowest BCUT2D eigenvalue weighted by Gasteiger charge is -2.33. The van der Waals surface area contributed by atoms with E-state index in [-0.39, 0.29) is 18.4 Å². The number of aliphatic hydroxyl groups is 1. The van der Waals surface area contributed by atoms with Crippen LogP contribution in [0.1, 0.15) is 36.0 Å². The van der Waals surface area contributed by atoms with Crippen molar-refractivity contribution in [2.24, 2.45) is 0 Å². The highest BCUT2D eigenvalue weighted by atomic mass is 16.3. The van der Waals surface area contributed by atoms with Crippen LogP contribution in [0, 0.1) is 11.3 Å². The molecular formula is C19H23N3O2. The van der Waals surface area contributed by atoms with Crippen LogP contribution in [0.3, 0.4) is 0 Å². The smallest absolute Gasteiger partial charge is 0.178 e. The van der Waals surface area contributed by atoms with Crippen molar-refractivity contribution in [3.8, 4) is 6.07 Å². The van der Waals surface area contributed by atoms with Gasteiger partial charge >= 0.3 is 0 Å². The number of nitrogens with zero attached hydrogens (tertiary/aromatic N) is 3. The van der Waals surface area contributed by atoms with Crippen LogP contribution in [-0.4, -0.2) is 46.1 Å². The summed E-state index contributed by atoms with van der Waals surface area (Å²) in [6, 6.07) is 10.1. The van der Waals surface area contributed by atoms with Crippen molar-refractivity contribution >= 4 is 16.7 Å². The number of aryl methyl sites for hydroxylation is 1. The summed E-state index contributed by atoms with van der Waals surface area (Å²) in [5.74, 6) is 0.0854. The monoisotopic (exact) mass is 325 g/mol. The Morgan fingerprint density at radius 2 is 2.17 bits per heavy atom. The van der Waals surface area contributed by atoms with E-state index in [9.17, 15) is 9.90 Å². The number of para-hydroxylation sites is 1. The summed E-state index contributed by atoms with van der Waals surface area (Å²) in [5.41, 5.74) is 1.71. The molecule has 1 saturated heterocycles. The van der Waals surface area contributed by atoms with Crippen LogP contribution in [0.25, 0.3) is 10.9 Å². The number of hydrogen-bond acceptors (Lipinski definition) is 4. The maximum Gasteiger partial charge on any atom is 0.178 e. The fourth-order valence-electron chi connectivity index (χ4n) is 3.57. The highest BCUT2D eigenvalue weighted by Gasteiger charge is 2.25. The number of piperidine rings is 1. The van der Waals surface area contributed by atoms with Gasteiger partial charge in [-0.2, -0.15) is 5.26 Å². The molecule has 5 heteroatoms. The van der Waals surface area contributed by atoms with Crippen molar-refractivity contribution in [2.75, 3.05) is 19.7 Å². The Hall–Kier alpha value is -2.16. The summed E-state index contributed by atoms with van der Waals surface area (Å²) in [7, 11) is 0. The summed E-state index contributed by atoms with van der Waals surface area (Å²) in [6.07, 6.45) is 5.44. The van der Waals surface area contributed by atoms with E-state index in [1.165, 1.54) is 0 Å². The minimum Gasteiger partial charge on any atom is -0.395 e. The summed E-state index contributed by atoms with van der Waals surface area (Å²) in [5, 5.41) is 19.3. The molecule has 0 bridgehead atoms. The third-order valence-corrected chi connectivity index (χ3v) is 4.86. The average Bonchev–Trinajstić information content (AvgIpc) is 2.99. The molecule has 1 aromatic heterocycles. The number of nitriles is 1. The van der Waals surface area contributed by atoms with Crippen LogP contribution in [0.5, 0.6) is 0 Å². The van der Waals surface area contributed by atoms with Crippen molar-refractivity contribution < 1.29 is 9.90 Å². The summed E-state index contributed by atoms with van der Waals surface area (Å²) >= 11 is 0. The minimum absolute atomic E-state index is 0.0854. The molecule has 0 amide bonds. The molecule has 2 heterocycles. The molecule has 0 saturated carbocycles. The topological polar surface area (TPSA) is 69.3 Å². The number of ketones is 1. The average molecular weight is 325 g/mol. The normalized spacial score (nSPS) is 18.6. The molecule has 2 aromatic rings. The molecule has 24 heavy (non-hydrogen) atoms. The van der Waals surface area contributed by atoms with E-state index in [2.05, 4.69) is 11.0 Å². The Kier molecular flexibility index (Phi) is 5.29. The van der Waals surface area contributed by atoms with Gasteiger partial charge in [-0.25, -0.2) is 0 Å². The van der Waals surface area contributed by atoms with Gasteiger partial charge in [-0.05, 0) is 25.5 Å². The number of likely N-dealkylation sites (tertiary alicyclic amines) is 1. The van der Waals surface area contributed by atoms with E-state index in [0.29, 0.717) is 25.1 Å². The van der Waals surface area contributed by atoms with Crippen LogP contribution in [0.4, 0.5) is 0 Å². The lowest BCUT2D eigenvalue weighted by Crippen LogP contribution is -2.44. The molecule has 126 valence electrons. The number of aromatic nitrogens is 1. The molecule has 0 aliphatic carbocycles. The molecule has 1 N–H and O–H groups in total. The van der Waals surface area contributed by atoms with E-state index in [4.69, 9.17) is 5.26 Å². The Balaban J connectivity index is 1.85. The van der Waals surface area contributed by atoms with Gasteiger partial charge < -0.3 is 9.67 Å². The lowest BCUT2D eigenvalue weighted by atomic mass is 10.0. The number of fused-ring (bicyclic) bond motifs is 1. The fraction of sp³-hybridized carbons (Fsp3) is 0.474. The number of rotatable bonds is 6. The molecule has 1 unspecified atom stereocenters. The van der Waals surface area contributed by atoms with E-state index >= 15 is 0 Å². The summed E-state index contributed by atoms with van der Waals surface area (Å²) < 4.78 is 1.99. The van der Waals surface area contributed by atoms with Gasteiger partial charge in [-0.3, -0.25) is 9.69 Å². The number of aliphatic hydroxyl groups excluding tert-OH is 1. The second kappa shape index (κ2) is 7.61. The first-order chi connectivity index (χ1) is 11.7. The Labute approximate surface area is 142 Å². The van der Waals surface area contributed by atoms with Gasteiger partial charge in [0.2, 0.25) is 0 Å². The first-order valence-corrected chi connectivity index (χ1v) is 8.57. The molecule has 1 atom stereocenters. The number of hydrogen-bond donors (Lipinski definition) is 1. The van der Waals surface area contributed by atoms with Crippen LogP contribution >= 0.6 is 0 Å². The van der Waals surface area contributed by atoms with Crippen molar-refractivity contribution in [3.63, 3.8) is 0 Å². The zero-order valence-corrected chi connectivity index (χ0v) is 13.8. The Morgan fingerprint density at radius 1 is 1.33 bits per heavy atom. The zero-order valence-electron chi connectivity index (χ0n) is 13.8. The highest BCUT2D eigenvalue weighted by Crippen LogP contribution is 2.24. The molecule has 0 spiro atoms. The third-order valence-electron chi connectivity index (χ3n) is 4.86. The van der Waals surface area contributed by atoms with Gasteiger partial charge in [-0.15, -0.1) is 0 Å². The second-order valence-electron chi connectivity index (χ2n) is 6.39. The number of carbonyl (C=O) groups excluding carboxylic acids is 1. The molecule has 0 radical (unpaired) electrons. The maximum absolute atomic E-state index is 12.9. The standard InChI is InChI=1S/C19H23N3O2/c20-9-5-11-22-12-17(16-7-1-2-8-18(16)22)19(24)13-21-10-4-3-6-15(21)14-23/h1-2,7-8,12,15,23H,3-6,10-11,13-14H2. The van der Waals surface area contributed by atoms with E-state index < -0.39 is 0 Å². The molecule has 5 nitrogen and oxygen atoms in total. The first kappa shape index (κ1) is 16.7. The van der Waals surface area contributed by atoms with Crippen LogP contribution in [-0.2, 0) is 6.54 Å². The largest absolute Gasteiger partial charge is 0.395 e. The van der Waals surface area contributed by atoms with E-state index in [1.54, 1.807) is 0 Å². The van der Waals surface area contributed by atoms with Crippen LogP contribution in [0.15, 0.2) is 30.5 Å². The quantitative estimate of drug-likeness (QED) is 0.829. The van der Waals surface area contributed by atoms with Gasteiger partial charge in [0.25, 0.3) is 0 Å². The fourth-order valence-corrected chi connectivity index (χ4v) is 3.57. The maximum atomic E-state index is 12.9. The lowest BCUT2D eigenvalue weighted by molar-refractivity contribution is 0.0712. The van der Waals surface area contributed by atoms with E-state index in [1.807, 2.05) is 35.0 Å². The number of benzene rings is 1. The van der Waals surface area contributed by atoms with Crippen molar-refractivity contribution in [2.45, 2.75) is 38.3 Å².